The van der Waals surface area contributed by atoms with Crippen LogP contribution >= 0.6 is 0 Å². The summed E-state index contributed by atoms with van der Waals surface area (Å²) in [6, 6.07) is 0. The van der Waals surface area contributed by atoms with Crippen LogP contribution in [-0.2, 0) is 9.53 Å². The molecule has 1 aliphatic heterocycles. The molecule has 0 aromatic heterocycles. The summed E-state index contributed by atoms with van der Waals surface area (Å²) in [4.78, 5) is 10.5. The SMILES string of the molecule is O=C(O)[C@@H]1C[C@@]12CCOC2. The van der Waals surface area contributed by atoms with Gasteiger partial charge in [0.1, 0.15) is 0 Å². The molecule has 0 aromatic rings. The molecule has 3 heteroatoms. The lowest BCUT2D eigenvalue weighted by Crippen LogP contribution is -2.09. The second kappa shape index (κ2) is 1.72. The minimum atomic E-state index is -0.648. The third-order valence-electron chi connectivity index (χ3n) is 2.62. The predicted octanol–water partition coefficient (Wildman–Crippen LogP) is 0.498. The van der Waals surface area contributed by atoms with Crippen LogP contribution in [0.25, 0.3) is 0 Å². The van der Waals surface area contributed by atoms with Gasteiger partial charge in [-0.2, -0.15) is 0 Å². The quantitative estimate of drug-likeness (QED) is 0.579. The van der Waals surface area contributed by atoms with Crippen LogP contribution in [0.3, 0.4) is 0 Å². The van der Waals surface area contributed by atoms with E-state index in [1.165, 1.54) is 0 Å². The van der Waals surface area contributed by atoms with Crippen molar-refractivity contribution < 1.29 is 14.6 Å². The minimum absolute atomic E-state index is 0.0613. The van der Waals surface area contributed by atoms with E-state index >= 15 is 0 Å². The summed E-state index contributed by atoms with van der Waals surface area (Å²) in [7, 11) is 0. The molecule has 1 saturated heterocycles. The molecule has 2 atom stereocenters. The lowest BCUT2D eigenvalue weighted by atomic mass is 10.0. The number of carbonyl (C=O) groups is 1. The molecule has 2 aliphatic rings. The highest BCUT2D eigenvalue weighted by Gasteiger charge is 2.60. The molecule has 1 saturated carbocycles. The Morgan fingerprint density at radius 2 is 2.50 bits per heavy atom. The molecule has 1 aliphatic carbocycles. The van der Waals surface area contributed by atoms with Crippen molar-refractivity contribution in [3.05, 3.63) is 0 Å². The topological polar surface area (TPSA) is 46.5 Å². The van der Waals surface area contributed by atoms with Gasteiger partial charge in [0.05, 0.1) is 12.5 Å². The average molecular weight is 142 g/mol. The molecule has 56 valence electrons. The van der Waals surface area contributed by atoms with Crippen molar-refractivity contribution in [2.24, 2.45) is 11.3 Å². The summed E-state index contributed by atoms with van der Waals surface area (Å²) < 4.78 is 5.14. The van der Waals surface area contributed by atoms with Crippen LogP contribution < -0.4 is 0 Å². The Balaban J connectivity index is 2.04. The number of ether oxygens (including phenoxy) is 1. The first kappa shape index (κ1) is 6.16. The zero-order valence-electron chi connectivity index (χ0n) is 5.67. The monoisotopic (exact) mass is 142 g/mol. The predicted molar refractivity (Wildman–Crippen MR) is 33.6 cm³/mol. The maximum atomic E-state index is 10.5. The van der Waals surface area contributed by atoms with Gasteiger partial charge in [-0.05, 0) is 12.8 Å². The van der Waals surface area contributed by atoms with Crippen LogP contribution in [0.15, 0.2) is 0 Å². The van der Waals surface area contributed by atoms with E-state index in [1.54, 1.807) is 0 Å². The fraction of sp³-hybridized carbons (Fsp3) is 0.857. The molecule has 0 aromatic carbocycles. The second-order valence-corrected chi connectivity index (χ2v) is 3.26. The molecule has 0 bridgehead atoms. The Labute approximate surface area is 59.0 Å². The number of hydrogen-bond donors (Lipinski definition) is 1. The van der Waals surface area contributed by atoms with Crippen LogP contribution in [0, 0.1) is 11.3 Å². The average Bonchev–Trinajstić information content (AvgIpc) is 2.32. The van der Waals surface area contributed by atoms with Crippen molar-refractivity contribution in [3.63, 3.8) is 0 Å². The van der Waals surface area contributed by atoms with Crippen molar-refractivity contribution in [2.75, 3.05) is 13.2 Å². The lowest BCUT2D eigenvalue weighted by Gasteiger charge is -2.00. The van der Waals surface area contributed by atoms with Gasteiger partial charge >= 0.3 is 5.97 Å². The van der Waals surface area contributed by atoms with E-state index in [9.17, 15) is 4.79 Å². The highest BCUT2D eigenvalue weighted by atomic mass is 16.5. The Hall–Kier alpha value is -0.570. The van der Waals surface area contributed by atoms with E-state index < -0.39 is 5.97 Å². The van der Waals surface area contributed by atoms with Crippen LogP contribution in [0.5, 0.6) is 0 Å². The standard InChI is InChI=1S/C7H10O3/c8-6(9)5-3-7(5)1-2-10-4-7/h5H,1-4H2,(H,8,9)/t5-,7+/m0/s1. The number of carboxylic acid groups (broad SMARTS) is 1. The first-order valence-corrected chi connectivity index (χ1v) is 3.55. The minimum Gasteiger partial charge on any atom is -0.481 e. The molecule has 2 rings (SSSR count). The van der Waals surface area contributed by atoms with E-state index in [4.69, 9.17) is 9.84 Å². The van der Waals surface area contributed by atoms with Gasteiger partial charge in [0.15, 0.2) is 0 Å². The smallest absolute Gasteiger partial charge is 0.307 e. The van der Waals surface area contributed by atoms with Crippen molar-refractivity contribution in [2.45, 2.75) is 12.8 Å². The molecule has 0 unspecified atom stereocenters. The fourth-order valence-corrected chi connectivity index (χ4v) is 1.76. The van der Waals surface area contributed by atoms with Crippen LogP contribution in [-0.4, -0.2) is 24.3 Å². The molecule has 10 heavy (non-hydrogen) atoms. The third kappa shape index (κ3) is 0.669. The number of hydrogen-bond acceptors (Lipinski definition) is 2. The van der Waals surface area contributed by atoms with Gasteiger partial charge in [0, 0.05) is 12.0 Å². The van der Waals surface area contributed by atoms with Crippen molar-refractivity contribution >= 4 is 5.97 Å². The highest BCUT2D eigenvalue weighted by molar-refractivity contribution is 5.74. The molecule has 1 spiro atoms. The first-order valence-electron chi connectivity index (χ1n) is 3.55. The van der Waals surface area contributed by atoms with Crippen LogP contribution in [0.4, 0.5) is 0 Å². The number of carboxylic acids is 1. The van der Waals surface area contributed by atoms with Gasteiger partial charge in [-0.1, -0.05) is 0 Å². The van der Waals surface area contributed by atoms with Gasteiger partial charge in [-0.15, -0.1) is 0 Å². The van der Waals surface area contributed by atoms with E-state index in [0.717, 1.165) is 19.4 Å². The molecule has 1 heterocycles. The summed E-state index contributed by atoms with van der Waals surface area (Å²) in [6.45, 7) is 1.42. The normalized spacial score (nSPS) is 44.2. The van der Waals surface area contributed by atoms with Crippen molar-refractivity contribution in [3.8, 4) is 0 Å². The summed E-state index contributed by atoms with van der Waals surface area (Å²) in [5.74, 6) is -0.750. The van der Waals surface area contributed by atoms with Gasteiger partial charge in [-0.25, -0.2) is 0 Å². The largest absolute Gasteiger partial charge is 0.481 e. The van der Waals surface area contributed by atoms with Crippen molar-refractivity contribution in [1.82, 2.24) is 0 Å². The van der Waals surface area contributed by atoms with E-state index in [-0.39, 0.29) is 11.3 Å². The van der Waals surface area contributed by atoms with E-state index in [0.29, 0.717) is 6.61 Å². The van der Waals surface area contributed by atoms with Gasteiger partial charge in [0.2, 0.25) is 0 Å². The van der Waals surface area contributed by atoms with Gasteiger partial charge in [-0.3, -0.25) is 4.79 Å². The Morgan fingerprint density at radius 3 is 2.90 bits per heavy atom. The molecular formula is C7H10O3. The lowest BCUT2D eigenvalue weighted by molar-refractivity contribution is -0.139. The third-order valence-corrected chi connectivity index (χ3v) is 2.62. The summed E-state index contributed by atoms with van der Waals surface area (Å²) in [5.41, 5.74) is 0.0613. The van der Waals surface area contributed by atoms with E-state index in [2.05, 4.69) is 0 Å². The molecule has 0 radical (unpaired) electrons. The summed E-state index contributed by atoms with van der Waals surface area (Å²) in [6.07, 6.45) is 1.78. The van der Waals surface area contributed by atoms with Gasteiger partial charge < -0.3 is 9.84 Å². The molecule has 1 N–H and O–H groups in total. The maximum absolute atomic E-state index is 10.5. The maximum Gasteiger partial charge on any atom is 0.307 e. The summed E-state index contributed by atoms with van der Waals surface area (Å²) in [5, 5.41) is 8.62. The van der Waals surface area contributed by atoms with Crippen molar-refractivity contribution in [1.29, 1.82) is 0 Å². The van der Waals surface area contributed by atoms with Crippen LogP contribution in [0.2, 0.25) is 0 Å². The van der Waals surface area contributed by atoms with Gasteiger partial charge in [0.25, 0.3) is 0 Å². The Bertz CT molecular complexity index is 170. The summed E-state index contributed by atoms with van der Waals surface area (Å²) >= 11 is 0. The first-order chi connectivity index (χ1) is 4.75. The zero-order valence-corrected chi connectivity index (χ0v) is 5.67. The number of aliphatic carboxylic acids is 1. The Morgan fingerprint density at radius 1 is 1.70 bits per heavy atom. The van der Waals surface area contributed by atoms with Crippen LogP contribution in [0.1, 0.15) is 12.8 Å². The number of rotatable bonds is 1. The fourth-order valence-electron chi connectivity index (χ4n) is 1.76. The molecule has 2 fully saturated rings. The second-order valence-electron chi connectivity index (χ2n) is 3.26. The molecular weight excluding hydrogens is 132 g/mol. The Kier molecular flexibility index (Phi) is 1.06. The molecule has 3 nitrogen and oxygen atoms in total. The zero-order chi connectivity index (χ0) is 7.19. The molecule has 0 amide bonds. The highest BCUT2D eigenvalue weighted by Crippen LogP contribution is 2.57. The van der Waals surface area contributed by atoms with E-state index in [1.807, 2.05) is 0 Å².